The Morgan fingerprint density at radius 2 is 1.96 bits per heavy atom. The molecule has 1 aliphatic heterocycles. The van der Waals surface area contributed by atoms with E-state index in [1.807, 2.05) is 4.90 Å². The van der Waals surface area contributed by atoms with Crippen LogP contribution in [0, 0.1) is 10.1 Å². The SMILES string of the molecule is CN(C)C(=O)CN1CCCN(C(=O)c2cccc([N+](=O)[O-])c2)CC1. The average molecular weight is 334 g/mol. The molecule has 0 saturated carbocycles. The number of hydrogen-bond acceptors (Lipinski definition) is 5. The molecule has 0 unspecified atom stereocenters. The summed E-state index contributed by atoms with van der Waals surface area (Å²) >= 11 is 0. The topological polar surface area (TPSA) is 87.0 Å². The summed E-state index contributed by atoms with van der Waals surface area (Å²) in [7, 11) is 3.44. The van der Waals surface area contributed by atoms with Crippen LogP contribution in [-0.2, 0) is 4.79 Å². The van der Waals surface area contributed by atoms with Crippen LogP contribution >= 0.6 is 0 Å². The van der Waals surface area contributed by atoms with Gasteiger partial charge in [0.2, 0.25) is 5.91 Å². The van der Waals surface area contributed by atoms with Crippen LogP contribution in [-0.4, -0.2) is 78.3 Å². The second-order valence-electron chi connectivity index (χ2n) is 6.02. The fraction of sp³-hybridized carbons (Fsp3) is 0.500. The van der Waals surface area contributed by atoms with Gasteiger partial charge in [0.1, 0.15) is 0 Å². The number of nitrogens with zero attached hydrogens (tertiary/aromatic N) is 4. The van der Waals surface area contributed by atoms with Gasteiger partial charge in [-0.2, -0.15) is 0 Å². The molecule has 8 nitrogen and oxygen atoms in total. The molecule has 2 amide bonds. The van der Waals surface area contributed by atoms with Crippen molar-refractivity contribution in [2.45, 2.75) is 6.42 Å². The Kier molecular flexibility index (Phi) is 5.86. The van der Waals surface area contributed by atoms with Crippen molar-refractivity contribution in [1.29, 1.82) is 0 Å². The Bertz CT molecular complexity index is 632. The number of carbonyl (C=O) groups excluding carboxylic acids is 2. The number of benzene rings is 1. The molecular weight excluding hydrogens is 312 g/mol. The molecule has 24 heavy (non-hydrogen) atoms. The fourth-order valence-corrected chi connectivity index (χ4v) is 2.60. The molecule has 130 valence electrons. The quantitative estimate of drug-likeness (QED) is 0.601. The van der Waals surface area contributed by atoms with Crippen LogP contribution in [0.15, 0.2) is 24.3 Å². The summed E-state index contributed by atoms with van der Waals surface area (Å²) in [5.74, 6) is -0.173. The van der Waals surface area contributed by atoms with E-state index in [1.54, 1.807) is 30.0 Å². The molecule has 0 atom stereocenters. The molecule has 0 aliphatic carbocycles. The molecular formula is C16H22N4O4. The third-order valence-corrected chi connectivity index (χ3v) is 4.04. The number of hydrogen-bond donors (Lipinski definition) is 0. The Labute approximate surface area is 140 Å². The molecule has 0 bridgehead atoms. The predicted molar refractivity (Wildman–Crippen MR) is 88.8 cm³/mol. The van der Waals surface area contributed by atoms with Gasteiger partial charge < -0.3 is 9.80 Å². The van der Waals surface area contributed by atoms with Crippen LogP contribution in [0.5, 0.6) is 0 Å². The van der Waals surface area contributed by atoms with Crippen LogP contribution in [0.25, 0.3) is 0 Å². The van der Waals surface area contributed by atoms with E-state index >= 15 is 0 Å². The highest BCUT2D eigenvalue weighted by atomic mass is 16.6. The Hall–Kier alpha value is -2.48. The zero-order valence-electron chi connectivity index (χ0n) is 14.0. The molecule has 1 fully saturated rings. The van der Waals surface area contributed by atoms with Gasteiger partial charge in [0.05, 0.1) is 11.5 Å². The third-order valence-electron chi connectivity index (χ3n) is 4.04. The van der Waals surface area contributed by atoms with Crippen LogP contribution in [0.4, 0.5) is 5.69 Å². The smallest absolute Gasteiger partial charge is 0.270 e. The molecule has 1 aromatic carbocycles. The van der Waals surface area contributed by atoms with Gasteiger partial charge in [0, 0.05) is 58.0 Å². The minimum atomic E-state index is -0.506. The van der Waals surface area contributed by atoms with Gasteiger partial charge in [-0.3, -0.25) is 24.6 Å². The van der Waals surface area contributed by atoms with Crippen molar-refractivity contribution in [2.24, 2.45) is 0 Å². The van der Waals surface area contributed by atoms with Gasteiger partial charge in [-0.1, -0.05) is 6.07 Å². The number of non-ortho nitro benzene ring substituents is 1. The number of amides is 2. The van der Waals surface area contributed by atoms with Gasteiger partial charge in [0.25, 0.3) is 11.6 Å². The average Bonchev–Trinajstić information content (AvgIpc) is 2.79. The molecule has 0 spiro atoms. The lowest BCUT2D eigenvalue weighted by molar-refractivity contribution is -0.384. The number of rotatable bonds is 4. The van der Waals surface area contributed by atoms with Crippen molar-refractivity contribution >= 4 is 17.5 Å². The molecule has 1 saturated heterocycles. The summed E-state index contributed by atoms with van der Waals surface area (Å²) in [6.07, 6.45) is 0.765. The highest BCUT2D eigenvalue weighted by Crippen LogP contribution is 2.16. The Morgan fingerprint density at radius 1 is 1.21 bits per heavy atom. The van der Waals surface area contributed by atoms with Crippen molar-refractivity contribution in [3.63, 3.8) is 0 Å². The van der Waals surface area contributed by atoms with E-state index < -0.39 is 4.92 Å². The first kappa shape index (κ1) is 17.9. The van der Waals surface area contributed by atoms with Gasteiger partial charge >= 0.3 is 0 Å². The standard InChI is InChI=1S/C16H22N4O4/c1-17(2)15(21)12-18-7-4-8-19(10-9-18)16(22)13-5-3-6-14(11-13)20(23)24/h3,5-6,11H,4,7-10,12H2,1-2H3. The third kappa shape index (κ3) is 4.51. The number of nitro groups is 1. The van der Waals surface area contributed by atoms with Crippen LogP contribution in [0.1, 0.15) is 16.8 Å². The van der Waals surface area contributed by atoms with Crippen molar-refractivity contribution in [3.05, 3.63) is 39.9 Å². The summed E-state index contributed by atoms with van der Waals surface area (Å²) in [6, 6.07) is 5.78. The molecule has 0 radical (unpaired) electrons. The number of carbonyl (C=O) groups is 2. The lowest BCUT2D eigenvalue weighted by Gasteiger charge is -2.22. The minimum Gasteiger partial charge on any atom is -0.348 e. The molecule has 1 aromatic rings. The van der Waals surface area contributed by atoms with Gasteiger partial charge in [-0.15, -0.1) is 0 Å². The maximum Gasteiger partial charge on any atom is 0.270 e. The summed E-state index contributed by atoms with van der Waals surface area (Å²) in [5.41, 5.74) is 0.232. The van der Waals surface area contributed by atoms with E-state index in [0.717, 1.165) is 13.0 Å². The van der Waals surface area contributed by atoms with Gasteiger partial charge in [-0.25, -0.2) is 0 Å². The van der Waals surface area contributed by atoms with E-state index in [-0.39, 0.29) is 17.5 Å². The van der Waals surface area contributed by atoms with E-state index in [9.17, 15) is 19.7 Å². The molecule has 0 N–H and O–H groups in total. The van der Waals surface area contributed by atoms with Crippen molar-refractivity contribution < 1.29 is 14.5 Å². The summed E-state index contributed by atoms with van der Waals surface area (Å²) in [4.78, 5) is 40.0. The molecule has 1 aliphatic rings. The Morgan fingerprint density at radius 3 is 2.62 bits per heavy atom. The fourth-order valence-electron chi connectivity index (χ4n) is 2.60. The van der Waals surface area contributed by atoms with Crippen molar-refractivity contribution in [2.75, 3.05) is 46.8 Å². The monoisotopic (exact) mass is 334 g/mol. The van der Waals surface area contributed by atoms with E-state index in [1.165, 1.54) is 18.2 Å². The van der Waals surface area contributed by atoms with E-state index in [4.69, 9.17) is 0 Å². The van der Waals surface area contributed by atoms with Crippen LogP contribution in [0.3, 0.4) is 0 Å². The Balaban J connectivity index is 2.00. The van der Waals surface area contributed by atoms with Crippen LogP contribution < -0.4 is 0 Å². The largest absolute Gasteiger partial charge is 0.348 e. The van der Waals surface area contributed by atoms with E-state index in [0.29, 0.717) is 31.7 Å². The zero-order chi connectivity index (χ0) is 17.7. The van der Waals surface area contributed by atoms with Crippen LogP contribution in [0.2, 0.25) is 0 Å². The highest BCUT2D eigenvalue weighted by Gasteiger charge is 2.22. The predicted octanol–water partition coefficient (Wildman–Crippen LogP) is 0.831. The van der Waals surface area contributed by atoms with E-state index in [2.05, 4.69) is 0 Å². The highest BCUT2D eigenvalue weighted by molar-refractivity contribution is 5.94. The molecule has 2 rings (SSSR count). The van der Waals surface area contributed by atoms with Gasteiger partial charge in [0.15, 0.2) is 0 Å². The normalized spacial score (nSPS) is 15.7. The summed E-state index contributed by atoms with van der Waals surface area (Å²) in [6.45, 7) is 2.78. The lowest BCUT2D eigenvalue weighted by atomic mass is 10.1. The second kappa shape index (κ2) is 7.87. The maximum absolute atomic E-state index is 12.6. The molecule has 8 heteroatoms. The number of nitro benzene ring substituents is 1. The summed E-state index contributed by atoms with van der Waals surface area (Å²) in [5, 5.41) is 10.8. The molecule has 0 aromatic heterocycles. The lowest BCUT2D eigenvalue weighted by Crippen LogP contribution is -2.39. The van der Waals surface area contributed by atoms with Crippen molar-refractivity contribution in [3.8, 4) is 0 Å². The summed E-state index contributed by atoms with van der Waals surface area (Å²) < 4.78 is 0. The number of likely N-dealkylation sites (N-methyl/N-ethyl adjacent to an activating group) is 1. The maximum atomic E-state index is 12.6. The second-order valence-corrected chi connectivity index (χ2v) is 6.02. The first-order valence-electron chi connectivity index (χ1n) is 7.84. The zero-order valence-corrected chi connectivity index (χ0v) is 14.0. The minimum absolute atomic E-state index is 0.0356. The first-order valence-corrected chi connectivity index (χ1v) is 7.84. The first-order chi connectivity index (χ1) is 11.4. The van der Waals surface area contributed by atoms with Gasteiger partial charge in [-0.05, 0) is 12.5 Å². The molecule has 1 heterocycles. The van der Waals surface area contributed by atoms with Crippen molar-refractivity contribution in [1.82, 2.24) is 14.7 Å².